The predicted octanol–water partition coefficient (Wildman–Crippen LogP) is 3.05. The number of nitrogens with one attached hydrogen (secondary N) is 1. The van der Waals surface area contributed by atoms with Crippen molar-refractivity contribution in [2.24, 2.45) is 16.6 Å². The Bertz CT molecular complexity index is 710. The van der Waals surface area contributed by atoms with E-state index in [-0.39, 0.29) is 29.9 Å². The molecule has 3 rings (SSSR count). The first-order valence-electron chi connectivity index (χ1n) is 11.2. The van der Waals surface area contributed by atoms with E-state index >= 15 is 0 Å². The van der Waals surface area contributed by atoms with Gasteiger partial charge in [0.15, 0.2) is 5.96 Å². The molecule has 0 bridgehead atoms. The molecule has 1 unspecified atom stereocenters. The molecule has 2 aliphatic heterocycles. The first kappa shape index (κ1) is 25.9. The number of halogens is 1. The fourth-order valence-electron chi connectivity index (χ4n) is 4.18. The number of rotatable bonds is 8. The van der Waals surface area contributed by atoms with Crippen molar-refractivity contribution in [3.63, 3.8) is 0 Å². The standard InChI is InChI=1S/C23H36N4O3.HI/c1-2-25-23(27-10-4-7-19(16-27)14-22(24)28)26-15-18-5-3-6-20(13-18)17-30-21-8-11-29-12-9-21;/h3,5-6,13,19,21H,2,4,7-12,14-17H2,1H3,(H2,24,28)(H,25,26);1H. The lowest BCUT2D eigenvalue weighted by molar-refractivity contribution is -0.119. The number of hydrogen-bond donors (Lipinski definition) is 2. The van der Waals surface area contributed by atoms with E-state index in [1.165, 1.54) is 11.1 Å². The summed E-state index contributed by atoms with van der Waals surface area (Å²) >= 11 is 0. The molecule has 0 saturated carbocycles. The van der Waals surface area contributed by atoms with Crippen LogP contribution in [0.25, 0.3) is 0 Å². The first-order valence-corrected chi connectivity index (χ1v) is 11.2. The van der Waals surface area contributed by atoms with Gasteiger partial charge in [-0.2, -0.15) is 0 Å². The van der Waals surface area contributed by atoms with Gasteiger partial charge in [-0.3, -0.25) is 4.79 Å². The van der Waals surface area contributed by atoms with Crippen LogP contribution in [0.2, 0.25) is 0 Å². The number of piperidine rings is 1. The van der Waals surface area contributed by atoms with Crippen LogP contribution in [-0.4, -0.2) is 55.7 Å². The summed E-state index contributed by atoms with van der Waals surface area (Å²) in [6.45, 7) is 7.51. The number of ether oxygens (including phenoxy) is 2. The molecule has 0 aliphatic carbocycles. The fraction of sp³-hybridized carbons (Fsp3) is 0.652. The molecule has 174 valence electrons. The molecule has 0 radical (unpaired) electrons. The Hall–Kier alpha value is -1.39. The van der Waals surface area contributed by atoms with Gasteiger partial charge in [-0.15, -0.1) is 24.0 Å². The quantitative estimate of drug-likeness (QED) is 0.299. The van der Waals surface area contributed by atoms with Crippen LogP contribution in [-0.2, 0) is 27.4 Å². The maximum absolute atomic E-state index is 11.3. The van der Waals surface area contributed by atoms with E-state index in [9.17, 15) is 4.79 Å². The fourth-order valence-corrected chi connectivity index (χ4v) is 4.18. The Kier molecular flexibility index (Phi) is 11.6. The van der Waals surface area contributed by atoms with E-state index in [1.807, 2.05) is 0 Å². The molecule has 3 N–H and O–H groups in total. The van der Waals surface area contributed by atoms with E-state index in [4.69, 9.17) is 20.2 Å². The topological polar surface area (TPSA) is 89.2 Å². The number of aliphatic imine (C=N–C) groups is 1. The number of carbonyl (C=O) groups is 1. The van der Waals surface area contributed by atoms with Crippen molar-refractivity contribution in [1.29, 1.82) is 0 Å². The van der Waals surface area contributed by atoms with E-state index in [2.05, 4.69) is 41.4 Å². The number of amides is 1. The zero-order valence-electron chi connectivity index (χ0n) is 18.6. The number of benzene rings is 1. The zero-order valence-corrected chi connectivity index (χ0v) is 20.9. The van der Waals surface area contributed by atoms with Gasteiger partial charge in [0.05, 0.1) is 19.3 Å². The summed E-state index contributed by atoms with van der Waals surface area (Å²) in [5, 5.41) is 3.40. The lowest BCUT2D eigenvalue weighted by Gasteiger charge is -2.34. The molecule has 0 aromatic heterocycles. The Morgan fingerprint density at radius 2 is 2.06 bits per heavy atom. The molecule has 7 nitrogen and oxygen atoms in total. The summed E-state index contributed by atoms with van der Waals surface area (Å²) < 4.78 is 11.4. The minimum Gasteiger partial charge on any atom is -0.381 e. The van der Waals surface area contributed by atoms with Gasteiger partial charge in [0.25, 0.3) is 0 Å². The summed E-state index contributed by atoms with van der Waals surface area (Å²) in [6.07, 6.45) is 4.80. The van der Waals surface area contributed by atoms with Crippen molar-refractivity contribution < 1.29 is 14.3 Å². The van der Waals surface area contributed by atoms with Crippen molar-refractivity contribution in [1.82, 2.24) is 10.2 Å². The summed E-state index contributed by atoms with van der Waals surface area (Å²) in [5.74, 6) is 1.00. The molecular weight excluding hydrogens is 507 g/mol. The van der Waals surface area contributed by atoms with Gasteiger partial charge < -0.3 is 25.4 Å². The lowest BCUT2D eigenvalue weighted by atomic mass is 9.95. The Balaban J connectivity index is 0.00000341. The predicted molar refractivity (Wildman–Crippen MR) is 133 cm³/mol. The number of carbonyl (C=O) groups excluding carboxylic acids is 1. The van der Waals surface area contributed by atoms with Gasteiger partial charge in [-0.1, -0.05) is 24.3 Å². The average molecular weight is 544 g/mol. The summed E-state index contributed by atoms with van der Waals surface area (Å²) in [5.41, 5.74) is 7.75. The lowest BCUT2D eigenvalue weighted by Crippen LogP contribution is -2.47. The zero-order chi connectivity index (χ0) is 21.2. The molecule has 1 amide bonds. The van der Waals surface area contributed by atoms with Crippen LogP contribution in [0.5, 0.6) is 0 Å². The molecule has 2 saturated heterocycles. The average Bonchev–Trinajstić information content (AvgIpc) is 2.76. The minimum absolute atomic E-state index is 0. The van der Waals surface area contributed by atoms with Crippen LogP contribution >= 0.6 is 24.0 Å². The van der Waals surface area contributed by atoms with Gasteiger partial charge in [0.1, 0.15) is 0 Å². The van der Waals surface area contributed by atoms with Crippen molar-refractivity contribution in [2.45, 2.75) is 58.3 Å². The van der Waals surface area contributed by atoms with Crippen LogP contribution in [0.3, 0.4) is 0 Å². The van der Waals surface area contributed by atoms with Crippen molar-refractivity contribution >= 4 is 35.8 Å². The van der Waals surface area contributed by atoms with Crippen LogP contribution in [0, 0.1) is 5.92 Å². The number of nitrogens with two attached hydrogens (primary N) is 1. The summed E-state index contributed by atoms with van der Waals surface area (Å²) in [7, 11) is 0. The van der Waals surface area contributed by atoms with E-state index in [0.29, 0.717) is 31.6 Å². The highest BCUT2D eigenvalue weighted by atomic mass is 127. The van der Waals surface area contributed by atoms with Crippen LogP contribution < -0.4 is 11.1 Å². The monoisotopic (exact) mass is 544 g/mol. The molecule has 2 heterocycles. The molecule has 1 aromatic carbocycles. The largest absolute Gasteiger partial charge is 0.381 e. The number of guanidine groups is 1. The maximum atomic E-state index is 11.3. The first-order chi connectivity index (χ1) is 14.6. The second kappa shape index (κ2) is 13.9. The Morgan fingerprint density at radius 3 is 2.81 bits per heavy atom. The molecular formula is C23H37IN4O3. The van der Waals surface area contributed by atoms with Crippen molar-refractivity contribution in [2.75, 3.05) is 32.8 Å². The second-order valence-electron chi connectivity index (χ2n) is 8.24. The molecule has 1 atom stereocenters. The molecule has 0 spiro atoms. The van der Waals surface area contributed by atoms with Gasteiger partial charge in [0, 0.05) is 39.3 Å². The smallest absolute Gasteiger partial charge is 0.217 e. The minimum atomic E-state index is -0.219. The molecule has 2 fully saturated rings. The SMILES string of the molecule is CCNC(=NCc1cccc(COC2CCOCC2)c1)N1CCCC(CC(N)=O)C1.I. The third kappa shape index (κ3) is 8.94. The highest BCUT2D eigenvalue weighted by Crippen LogP contribution is 2.20. The van der Waals surface area contributed by atoms with Crippen molar-refractivity contribution in [3.8, 4) is 0 Å². The Morgan fingerprint density at radius 1 is 1.29 bits per heavy atom. The van der Waals surface area contributed by atoms with Crippen molar-refractivity contribution in [3.05, 3.63) is 35.4 Å². The molecule has 2 aliphatic rings. The second-order valence-corrected chi connectivity index (χ2v) is 8.24. The summed E-state index contributed by atoms with van der Waals surface area (Å²) in [6, 6.07) is 8.47. The number of nitrogens with zero attached hydrogens (tertiary/aromatic N) is 2. The maximum Gasteiger partial charge on any atom is 0.217 e. The van der Waals surface area contributed by atoms with Gasteiger partial charge >= 0.3 is 0 Å². The Labute approximate surface area is 203 Å². The van der Waals surface area contributed by atoms with E-state index < -0.39 is 0 Å². The molecule has 31 heavy (non-hydrogen) atoms. The third-order valence-corrected chi connectivity index (χ3v) is 5.70. The van der Waals surface area contributed by atoms with Crippen LogP contribution in [0.4, 0.5) is 0 Å². The highest BCUT2D eigenvalue weighted by Gasteiger charge is 2.23. The molecule has 1 aromatic rings. The van der Waals surface area contributed by atoms with Gasteiger partial charge in [0.2, 0.25) is 5.91 Å². The summed E-state index contributed by atoms with van der Waals surface area (Å²) in [4.78, 5) is 18.4. The number of likely N-dealkylation sites (tertiary alicyclic amines) is 1. The van der Waals surface area contributed by atoms with Crippen LogP contribution in [0.1, 0.15) is 50.2 Å². The van der Waals surface area contributed by atoms with E-state index in [0.717, 1.165) is 64.5 Å². The van der Waals surface area contributed by atoms with Gasteiger partial charge in [-0.05, 0) is 49.7 Å². The highest BCUT2D eigenvalue weighted by molar-refractivity contribution is 14.0. The third-order valence-electron chi connectivity index (χ3n) is 5.70. The van der Waals surface area contributed by atoms with Gasteiger partial charge in [-0.25, -0.2) is 4.99 Å². The normalized spacial score (nSPS) is 20.2. The van der Waals surface area contributed by atoms with Crippen LogP contribution in [0.15, 0.2) is 29.3 Å². The molecule has 8 heteroatoms. The number of primary amides is 1. The number of hydrogen-bond acceptors (Lipinski definition) is 4. The van der Waals surface area contributed by atoms with E-state index in [1.54, 1.807) is 0 Å².